The average Bonchev–Trinajstić information content (AvgIpc) is 2.67. The normalized spacial score (nSPS) is 12.2. The largest absolute Gasteiger partial charge is 0.332 e. The highest BCUT2D eigenvalue weighted by molar-refractivity contribution is 7.80. The molecule has 0 bridgehead atoms. The quantitative estimate of drug-likeness (QED) is 0.524. The summed E-state index contributed by atoms with van der Waals surface area (Å²) in [6.45, 7) is 0. The number of hydrogen-bond acceptors (Lipinski definition) is 3. The van der Waals surface area contributed by atoms with Gasteiger partial charge in [-0.15, -0.1) is 0 Å². The maximum absolute atomic E-state index is 13.0. The summed E-state index contributed by atoms with van der Waals surface area (Å²) < 4.78 is 0. The minimum atomic E-state index is -0.180. The summed E-state index contributed by atoms with van der Waals surface area (Å²) in [6, 6.07) is 21.5. The van der Waals surface area contributed by atoms with Gasteiger partial charge in [-0.3, -0.25) is 9.59 Å². The number of fused-ring (bicyclic) bond motifs is 2. The van der Waals surface area contributed by atoms with Crippen molar-refractivity contribution >= 4 is 40.3 Å². The van der Waals surface area contributed by atoms with Crippen molar-refractivity contribution in [1.82, 2.24) is 0 Å². The van der Waals surface area contributed by atoms with Crippen molar-refractivity contribution in [2.75, 3.05) is 10.6 Å². The van der Waals surface area contributed by atoms with E-state index in [1.54, 1.807) is 42.5 Å². The Morgan fingerprint density at radius 2 is 1.27 bits per heavy atom. The van der Waals surface area contributed by atoms with Crippen LogP contribution in [-0.4, -0.2) is 16.7 Å². The lowest BCUT2D eigenvalue weighted by Gasteiger charge is -2.21. The molecule has 0 heterocycles. The molecule has 0 saturated heterocycles. The summed E-state index contributed by atoms with van der Waals surface area (Å²) in [5.41, 5.74) is 2.95. The molecule has 4 rings (SSSR count). The maximum atomic E-state index is 13.0. The Kier molecular flexibility index (Phi) is 4.07. The zero-order valence-electron chi connectivity index (χ0n) is 13.7. The second-order valence-corrected chi connectivity index (χ2v) is 6.29. The van der Waals surface area contributed by atoms with E-state index >= 15 is 0 Å². The van der Waals surface area contributed by atoms with Crippen LogP contribution in [0.5, 0.6) is 0 Å². The Morgan fingerprint density at radius 3 is 2.00 bits per heavy atom. The number of benzene rings is 3. The summed E-state index contributed by atoms with van der Waals surface area (Å²) in [7, 11) is 0. The first kappa shape index (κ1) is 16.2. The van der Waals surface area contributed by atoms with E-state index in [2.05, 4.69) is 10.6 Å². The summed E-state index contributed by atoms with van der Waals surface area (Å²) in [5, 5.41) is 6.46. The molecule has 126 valence electrons. The van der Waals surface area contributed by atoms with E-state index in [0.29, 0.717) is 33.1 Å². The number of carbonyl (C=O) groups is 2. The summed E-state index contributed by atoms with van der Waals surface area (Å²) in [6.07, 6.45) is 0. The molecule has 3 aromatic rings. The molecule has 2 N–H and O–H groups in total. The fraction of sp³-hybridized carbons (Fsp3) is 0. The standard InChI is InChI=1S/C21H14N2O2S/c24-19-14-9-4-5-10-15(14)20(25)18-16(19)11-6-12-17(18)23-21(26)22-13-7-2-1-3-8-13/h1-12H,(H2,22,23,26). The van der Waals surface area contributed by atoms with E-state index < -0.39 is 0 Å². The molecule has 0 radical (unpaired) electrons. The first-order chi connectivity index (χ1) is 12.6. The third-order valence-electron chi connectivity index (χ3n) is 4.23. The van der Waals surface area contributed by atoms with Gasteiger partial charge in [0.1, 0.15) is 0 Å². The van der Waals surface area contributed by atoms with Gasteiger partial charge in [0.25, 0.3) is 0 Å². The molecule has 26 heavy (non-hydrogen) atoms. The van der Waals surface area contributed by atoms with Gasteiger partial charge in [0, 0.05) is 22.4 Å². The Bertz CT molecular complexity index is 1040. The molecule has 0 amide bonds. The zero-order chi connectivity index (χ0) is 18.1. The number of anilines is 2. The van der Waals surface area contributed by atoms with Crippen molar-refractivity contribution in [3.63, 3.8) is 0 Å². The number of nitrogens with one attached hydrogen (secondary N) is 2. The zero-order valence-corrected chi connectivity index (χ0v) is 14.5. The van der Waals surface area contributed by atoms with Gasteiger partial charge in [-0.25, -0.2) is 0 Å². The van der Waals surface area contributed by atoms with Crippen LogP contribution >= 0.6 is 12.2 Å². The van der Waals surface area contributed by atoms with Crippen molar-refractivity contribution in [3.8, 4) is 0 Å². The van der Waals surface area contributed by atoms with Gasteiger partial charge in [-0.2, -0.15) is 0 Å². The number of para-hydroxylation sites is 1. The Balaban J connectivity index is 1.69. The van der Waals surface area contributed by atoms with Crippen LogP contribution in [0.4, 0.5) is 11.4 Å². The first-order valence-electron chi connectivity index (χ1n) is 8.09. The van der Waals surface area contributed by atoms with Crippen LogP contribution in [0.1, 0.15) is 31.8 Å². The highest BCUT2D eigenvalue weighted by Crippen LogP contribution is 2.31. The molecule has 0 aromatic heterocycles. The van der Waals surface area contributed by atoms with Crippen molar-refractivity contribution in [2.45, 2.75) is 0 Å². The van der Waals surface area contributed by atoms with Gasteiger partial charge >= 0.3 is 0 Å². The van der Waals surface area contributed by atoms with Gasteiger partial charge in [0.2, 0.25) is 0 Å². The van der Waals surface area contributed by atoms with Crippen LogP contribution in [0.25, 0.3) is 0 Å². The molecule has 0 saturated carbocycles. The smallest absolute Gasteiger partial charge is 0.196 e. The van der Waals surface area contributed by atoms with Gasteiger partial charge in [0.15, 0.2) is 16.7 Å². The van der Waals surface area contributed by atoms with Gasteiger partial charge < -0.3 is 10.6 Å². The number of ketones is 2. The van der Waals surface area contributed by atoms with Crippen molar-refractivity contribution in [1.29, 1.82) is 0 Å². The lowest BCUT2D eigenvalue weighted by molar-refractivity contribution is 0.0979. The molecule has 0 atom stereocenters. The van der Waals surface area contributed by atoms with E-state index in [9.17, 15) is 9.59 Å². The van der Waals surface area contributed by atoms with E-state index in [0.717, 1.165) is 5.69 Å². The second kappa shape index (κ2) is 6.54. The van der Waals surface area contributed by atoms with Gasteiger partial charge in [0.05, 0.1) is 11.3 Å². The molecule has 3 aromatic carbocycles. The monoisotopic (exact) mass is 358 g/mol. The summed E-state index contributed by atoms with van der Waals surface area (Å²) >= 11 is 5.35. The molecule has 0 spiro atoms. The number of rotatable bonds is 2. The van der Waals surface area contributed by atoms with Crippen LogP contribution in [0.3, 0.4) is 0 Å². The summed E-state index contributed by atoms with van der Waals surface area (Å²) in [4.78, 5) is 25.7. The average molecular weight is 358 g/mol. The van der Waals surface area contributed by atoms with Crippen molar-refractivity contribution in [2.24, 2.45) is 0 Å². The van der Waals surface area contributed by atoms with Crippen molar-refractivity contribution < 1.29 is 9.59 Å². The first-order valence-corrected chi connectivity index (χ1v) is 8.50. The molecule has 0 fully saturated rings. The SMILES string of the molecule is O=C1c2ccccc2C(=O)c2c(NC(=S)Nc3ccccc3)cccc21. The highest BCUT2D eigenvalue weighted by atomic mass is 32.1. The summed E-state index contributed by atoms with van der Waals surface area (Å²) in [5.74, 6) is -0.332. The fourth-order valence-corrected chi connectivity index (χ4v) is 3.28. The van der Waals surface area contributed by atoms with Crippen LogP contribution in [0, 0.1) is 0 Å². The molecular formula is C21H14N2O2S. The lowest BCUT2D eigenvalue weighted by Crippen LogP contribution is -2.25. The number of carbonyl (C=O) groups excluding carboxylic acids is 2. The lowest BCUT2D eigenvalue weighted by atomic mass is 9.83. The van der Waals surface area contributed by atoms with Crippen LogP contribution < -0.4 is 10.6 Å². The van der Waals surface area contributed by atoms with Gasteiger partial charge in [-0.05, 0) is 30.4 Å². The highest BCUT2D eigenvalue weighted by Gasteiger charge is 2.31. The molecule has 0 unspecified atom stereocenters. The van der Waals surface area contributed by atoms with Crippen LogP contribution in [-0.2, 0) is 0 Å². The molecular weight excluding hydrogens is 344 g/mol. The molecule has 0 aliphatic heterocycles. The van der Waals surface area contributed by atoms with E-state index in [1.807, 2.05) is 30.3 Å². The molecule has 4 nitrogen and oxygen atoms in total. The van der Waals surface area contributed by atoms with E-state index in [4.69, 9.17) is 12.2 Å². The Hall–Kier alpha value is -3.31. The fourth-order valence-electron chi connectivity index (χ4n) is 3.06. The third kappa shape index (κ3) is 2.78. The van der Waals surface area contributed by atoms with E-state index in [-0.39, 0.29) is 11.6 Å². The van der Waals surface area contributed by atoms with Crippen molar-refractivity contribution in [3.05, 3.63) is 95.1 Å². The third-order valence-corrected chi connectivity index (χ3v) is 4.44. The number of thiocarbonyl (C=S) groups is 1. The topological polar surface area (TPSA) is 58.2 Å². The predicted molar refractivity (Wildman–Crippen MR) is 106 cm³/mol. The van der Waals surface area contributed by atoms with E-state index in [1.165, 1.54) is 0 Å². The Labute approximate surface area is 155 Å². The minimum Gasteiger partial charge on any atom is -0.332 e. The molecule has 1 aliphatic carbocycles. The second-order valence-electron chi connectivity index (χ2n) is 5.88. The Morgan fingerprint density at radius 1 is 0.654 bits per heavy atom. The van der Waals surface area contributed by atoms with Gasteiger partial charge in [-0.1, -0.05) is 54.6 Å². The molecule has 1 aliphatic rings. The number of hydrogen-bond donors (Lipinski definition) is 2. The van der Waals surface area contributed by atoms with Crippen LogP contribution in [0.15, 0.2) is 72.8 Å². The van der Waals surface area contributed by atoms with Crippen LogP contribution in [0.2, 0.25) is 0 Å². The molecule has 5 heteroatoms. The predicted octanol–water partition coefficient (Wildman–Crippen LogP) is 4.27. The minimum absolute atomic E-state index is 0.152. The maximum Gasteiger partial charge on any atom is 0.196 e.